The molecule has 10 rings (SSSR count). The Kier molecular flexibility index (Phi) is 12.4. The molecule has 0 saturated carbocycles. The van der Waals surface area contributed by atoms with Gasteiger partial charge < -0.3 is 29.1 Å². The van der Waals surface area contributed by atoms with Gasteiger partial charge in [0.2, 0.25) is 0 Å². The maximum Gasteiger partial charge on any atom is 0.494 e. The van der Waals surface area contributed by atoms with Crippen molar-refractivity contribution in [3.63, 3.8) is 0 Å². The number of nitrogens with two attached hydrogens (primary N) is 1. The third kappa shape index (κ3) is 8.60. The summed E-state index contributed by atoms with van der Waals surface area (Å²) in [6, 6.07) is 29.1. The molecule has 4 heterocycles. The van der Waals surface area contributed by atoms with E-state index in [0.717, 1.165) is 27.6 Å². The molecule has 4 aliphatic heterocycles. The van der Waals surface area contributed by atoms with Gasteiger partial charge in [-0.3, -0.25) is 29.8 Å². The number of benzene rings is 6. The zero-order valence-corrected chi connectivity index (χ0v) is 37.8. The van der Waals surface area contributed by atoms with E-state index in [1.807, 2.05) is 79.7 Å². The number of carbonyl (C=O) groups excluding carboxylic acids is 4. The van der Waals surface area contributed by atoms with Crippen molar-refractivity contribution in [1.82, 2.24) is 0 Å². The Morgan fingerprint density at radius 1 is 0.515 bits per heavy atom. The Balaban J connectivity index is 0.000000165. The van der Waals surface area contributed by atoms with Gasteiger partial charge in [0.05, 0.1) is 54.6 Å². The highest BCUT2D eigenvalue weighted by Gasteiger charge is 2.53. The fourth-order valence-corrected chi connectivity index (χ4v) is 7.87. The number of anilines is 2. The predicted octanol–water partition coefficient (Wildman–Crippen LogP) is 8.11. The lowest BCUT2D eigenvalue weighted by molar-refractivity contribution is -0.384. The number of nitrogen functional groups attached to an aromatic ring is 1. The third-order valence-electron chi connectivity index (χ3n) is 13.0. The van der Waals surface area contributed by atoms with E-state index in [1.165, 1.54) is 24.3 Å². The summed E-state index contributed by atoms with van der Waals surface area (Å²) in [6.07, 6.45) is 0. The summed E-state index contributed by atoms with van der Waals surface area (Å²) in [7, 11) is -0.875. The second kappa shape index (κ2) is 17.4. The van der Waals surface area contributed by atoms with E-state index in [1.54, 1.807) is 54.6 Å². The van der Waals surface area contributed by atoms with Gasteiger partial charge in [0, 0.05) is 46.3 Å². The first kappa shape index (κ1) is 48.6. The third-order valence-corrected chi connectivity index (χ3v) is 13.0. The van der Waals surface area contributed by atoms with Crippen LogP contribution in [-0.4, -0.2) is 70.2 Å². The van der Waals surface area contributed by atoms with Gasteiger partial charge in [-0.2, -0.15) is 0 Å². The van der Waals surface area contributed by atoms with Gasteiger partial charge in [0.15, 0.2) is 0 Å². The minimum Gasteiger partial charge on any atom is -0.399 e. The number of amides is 2. The van der Waals surface area contributed by atoms with Gasteiger partial charge in [0.25, 0.3) is 23.2 Å². The van der Waals surface area contributed by atoms with Crippen LogP contribution in [0.5, 0.6) is 0 Å². The van der Waals surface area contributed by atoms with Crippen LogP contribution in [-0.2, 0) is 23.4 Å². The van der Waals surface area contributed by atoms with Crippen LogP contribution in [0.3, 0.4) is 0 Å². The van der Waals surface area contributed by atoms with Crippen molar-refractivity contribution < 1.29 is 52.4 Å². The number of hydrogen-bond donors (Lipinski definition) is 1. The molecular weight excluding hydrogens is 874 g/mol. The molecule has 2 saturated heterocycles. The summed E-state index contributed by atoms with van der Waals surface area (Å²) in [5.74, 6) is -2.66. The van der Waals surface area contributed by atoms with Crippen molar-refractivity contribution in [2.24, 2.45) is 0 Å². The Bertz CT molecular complexity index is 3050. The number of nitro groups is 2. The zero-order chi connectivity index (χ0) is 48.5. The van der Waals surface area contributed by atoms with Gasteiger partial charge in [-0.15, -0.1) is 0 Å². The number of rotatable bonds is 5. The van der Waals surface area contributed by atoms with Gasteiger partial charge in [-0.05, 0) is 113 Å². The van der Waals surface area contributed by atoms with Gasteiger partial charge in [-0.25, -0.2) is 14.5 Å². The fraction of sp³-hybridized carbons (Fsp3) is 0.265. The molecule has 0 spiro atoms. The summed E-state index contributed by atoms with van der Waals surface area (Å²) < 4.78 is 28.5. The molecule has 6 aromatic carbocycles. The van der Waals surface area contributed by atoms with Gasteiger partial charge >= 0.3 is 26.2 Å². The van der Waals surface area contributed by atoms with Crippen LogP contribution in [0, 0.1) is 20.2 Å². The first-order valence-corrected chi connectivity index (χ1v) is 21.1. The number of esters is 2. The summed E-state index contributed by atoms with van der Waals surface area (Å²) in [4.78, 5) is 71.8. The summed E-state index contributed by atoms with van der Waals surface area (Å²) in [6.45, 7) is 16.0. The van der Waals surface area contributed by atoms with Crippen LogP contribution in [0.2, 0.25) is 0 Å². The van der Waals surface area contributed by atoms with Crippen molar-refractivity contribution >= 4 is 93.2 Å². The van der Waals surface area contributed by atoms with Crippen LogP contribution in [0.25, 0.3) is 21.5 Å². The molecule has 68 heavy (non-hydrogen) atoms. The smallest absolute Gasteiger partial charge is 0.399 e. The van der Waals surface area contributed by atoms with Crippen molar-refractivity contribution in [2.45, 2.75) is 85.2 Å². The summed E-state index contributed by atoms with van der Waals surface area (Å²) in [5.41, 5.74) is 7.30. The molecular formula is C49H48B2N4O13. The van der Waals surface area contributed by atoms with E-state index in [9.17, 15) is 39.4 Å². The van der Waals surface area contributed by atoms with Crippen molar-refractivity contribution in [1.29, 1.82) is 0 Å². The van der Waals surface area contributed by atoms with E-state index in [4.69, 9.17) is 24.4 Å². The lowest BCUT2D eigenvalue weighted by Crippen LogP contribution is -2.41. The number of nitro benzene ring substituents is 2. The number of cyclic esters (lactones) is 2. The van der Waals surface area contributed by atoms with E-state index in [0.29, 0.717) is 32.8 Å². The van der Waals surface area contributed by atoms with Crippen LogP contribution >= 0.6 is 0 Å². The largest absolute Gasteiger partial charge is 0.494 e. The SMILES string of the molecule is C.CC1(C)OB(c2ccc(N)cc2)OC1(C)C.CC1(C)OB(c2ccc(N3C(=O)c4cccc5cc([N+](=O)[O-])cc(c45)C3=O)cc2)OC1(C)C.O=C1OC(=O)c2cc([N+](=O)[O-])cc3cccc1c23. The molecule has 2 amide bonds. The van der Waals surface area contributed by atoms with Gasteiger partial charge in [-0.1, -0.05) is 56.0 Å². The molecule has 0 aliphatic carbocycles. The number of nitrogens with zero attached hydrogens (tertiary/aromatic N) is 3. The zero-order valence-electron chi connectivity index (χ0n) is 37.8. The second-order valence-corrected chi connectivity index (χ2v) is 18.4. The number of non-ortho nitro benzene ring substituents is 2. The van der Waals surface area contributed by atoms with Gasteiger partial charge in [0.1, 0.15) is 0 Å². The molecule has 6 aromatic rings. The summed E-state index contributed by atoms with van der Waals surface area (Å²) in [5, 5.41) is 24.0. The Morgan fingerprint density at radius 2 is 0.897 bits per heavy atom. The minimum absolute atomic E-state index is 0. The average molecular weight is 923 g/mol. The fourth-order valence-electron chi connectivity index (χ4n) is 7.87. The second-order valence-electron chi connectivity index (χ2n) is 18.4. The standard InChI is InChI=1S/C24H21BN2O6.C12H18BNO2.C12H5NO5.CH4/c1-23(2)24(3,4)33-25(32-23)15-8-10-16(11-9-15)26-21(28)18-7-5-6-14-12-17(27(30)31)13-19(20(14)18)22(26)29;1-11(2)12(3,4)16-13(15-11)9-5-7-10(14)8-6-9;14-11-8-3-1-2-6-4-7(13(16)17)5-9(10(6)8)12(15)18-11;/h5-13H,1-4H3;5-8H,14H2,1-4H3;1-5H;1H4. The Hall–Kier alpha value is -7.31. The first-order valence-electron chi connectivity index (χ1n) is 21.1. The number of carbonyl (C=O) groups is 4. The van der Waals surface area contributed by atoms with Crippen molar-refractivity contribution in [2.75, 3.05) is 10.6 Å². The minimum atomic E-state index is -0.854. The molecule has 19 heteroatoms. The van der Waals surface area contributed by atoms with Crippen LogP contribution in [0.15, 0.2) is 109 Å². The van der Waals surface area contributed by atoms with E-state index in [-0.39, 0.29) is 53.8 Å². The lowest BCUT2D eigenvalue weighted by atomic mass is 9.79. The van der Waals surface area contributed by atoms with Crippen molar-refractivity contribution in [3.05, 3.63) is 152 Å². The number of imide groups is 1. The highest BCUT2D eigenvalue weighted by atomic mass is 16.7. The number of hydrogen-bond acceptors (Lipinski definition) is 14. The van der Waals surface area contributed by atoms with Crippen LogP contribution in [0.4, 0.5) is 22.7 Å². The monoisotopic (exact) mass is 922 g/mol. The molecule has 17 nitrogen and oxygen atoms in total. The topological polar surface area (TPSA) is 230 Å². The molecule has 0 unspecified atom stereocenters. The maximum absolute atomic E-state index is 13.3. The molecule has 2 N–H and O–H groups in total. The highest BCUT2D eigenvalue weighted by molar-refractivity contribution is 6.62. The average Bonchev–Trinajstić information content (AvgIpc) is 3.64. The maximum atomic E-state index is 13.3. The molecule has 0 atom stereocenters. The Labute approximate surface area is 392 Å². The van der Waals surface area contributed by atoms with Crippen LogP contribution in [0.1, 0.15) is 104 Å². The number of ether oxygens (including phenoxy) is 1. The molecule has 4 aliphatic rings. The Morgan fingerprint density at radius 3 is 1.35 bits per heavy atom. The van der Waals surface area contributed by atoms with E-state index < -0.39 is 51.9 Å². The first-order chi connectivity index (χ1) is 31.4. The molecule has 0 radical (unpaired) electrons. The van der Waals surface area contributed by atoms with E-state index in [2.05, 4.69) is 4.74 Å². The molecule has 0 bridgehead atoms. The molecule has 348 valence electrons. The van der Waals surface area contributed by atoms with Crippen molar-refractivity contribution in [3.8, 4) is 0 Å². The van der Waals surface area contributed by atoms with Crippen LogP contribution < -0.4 is 21.6 Å². The van der Waals surface area contributed by atoms with E-state index >= 15 is 0 Å². The quantitative estimate of drug-likeness (QED) is 0.0328. The lowest BCUT2D eigenvalue weighted by Gasteiger charge is -2.32. The highest BCUT2D eigenvalue weighted by Crippen LogP contribution is 2.39. The normalized spacial score (nSPS) is 18.0. The predicted molar refractivity (Wildman–Crippen MR) is 258 cm³/mol. The molecule has 0 aromatic heterocycles. The molecule has 2 fully saturated rings. The summed E-state index contributed by atoms with van der Waals surface area (Å²) >= 11 is 0.